The molecule has 4 aromatic rings. The van der Waals surface area contributed by atoms with Gasteiger partial charge >= 0.3 is 0 Å². The van der Waals surface area contributed by atoms with Crippen LogP contribution in [-0.2, 0) is 13.0 Å². The Hall–Kier alpha value is -2.91. The summed E-state index contributed by atoms with van der Waals surface area (Å²) in [4.78, 5) is 12.1. The van der Waals surface area contributed by atoms with E-state index in [1.807, 2.05) is 42.5 Å². The largest absolute Gasteiger partial charge is 0.351 e. The maximum Gasteiger partial charge on any atom is 0.163 e. The number of aromatic nitrogens is 2. The van der Waals surface area contributed by atoms with Crippen molar-refractivity contribution in [2.24, 2.45) is 0 Å². The molecule has 3 nitrogen and oxygen atoms in total. The molecule has 1 aliphatic heterocycles. The van der Waals surface area contributed by atoms with E-state index in [4.69, 9.17) is 21.6 Å². The summed E-state index contributed by atoms with van der Waals surface area (Å²) in [5.41, 5.74) is 4.60. The number of fused-ring (bicyclic) bond motifs is 2. The molecular formula is C23H18ClN3. The first-order valence-corrected chi connectivity index (χ1v) is 9.51. The summed E-state index contributed by atoms with van der Waals surface area (Å²) in [6.45, 7) is 1.80. The molecule has 0 saturated heterocycles. The van der Waals surface area contributed by atoms with Crippen LogP contribution >= 0.6 is 11.6 Å². The van der Waals surface area contributed by atoms with Crippen LogP contribution in [0.15, 0.2) is 72.8 Å². The third-order valence-corrected chi connectivity index (χ3v) is 5.46. The first-order valence-electron chi connectivity index (χ1n) is 9.13. The van der Waals surface area contributed by atoms with Crippen LogP contribution in [0.3, 0.4) is 0 Å². The van der Waals surface area contributed by atoms with Gasteiger partial charge in [0.1, 0.15) is 5.82 Å². The molecule has 0 unspecified atom stereocenters. The fraction of sp³-hybridized carbons (Fsp3) is 0.130. The fourth-order valence-electron chi connectivity index (χ4n) is 3.74. The van der Waals surface area contributed by atoms with E-state index in [9.17, 15) is 0 Å². The number of hydrogen-bond acceptors (Lipinski definition) is 3. The van der Waals surface area contributed by atoms with Gasteiger partial charge in [-0.25, -0.2) is 9.97 Å². The molecule has 0 spiro atoms. The lowest BCUT2D eigenvalue weighted by molar-refractivity contribution is 0.723. The zero-order chi connectivity index (χ0) is 18.2. The summed E-state index contributed by atoms with van der Waals surface area (Å²) in [7, 11) is 0. The molecule has 1 aliphatic rings. The van der Waals surface area contributed by atoms with Crippen molar-refractivity contribution in [1.29, 1.82) is 0 Å². The van der Waals surface area contributed by atoms with Crippen LogP contribution in [0.4, 0.5) is 5.82 Å². The number of halogens is 1. The van der Waals surface area contributed by atoms with E-state index in [-0.39, 0.29) is 0 Å². The van der Waals surface area contributed by atoms with Crippen LogP contribution in [0, 0.1) is 0 Å². The Morgan fingerprint density at radius 1 is 0.778 bits per heavy atom. The average Bonchev–Trinajstić information content (AvgIpc) is 2.73. The highest BCUT2D eigenvalue weighted by molar-refractivity contribution is 6.33. The van der Waals surface area contributed by atoms with Crippen LogP contribution in [0.5, 0.6) is 0 Å². The molecule has 0 bridgehead atoms. The monoisotopic (exact) mass is 371 g/mol. The Morgan fingerprint density at radius 2 is 1.52 bits per heavy atom. The summed E-state index contributed by atoms with van der Waals surface area (Å²) >= 11 is 6.42. The maximum atomic E-state index is 6.42. The van der Waals surface area contributed by atoms with E-state index in [0.29, 0.717) is 10.8 Å². The quantitative estimate of drug-likeness (QED) is 0.465. The van der Waals surface area contributed by atoms with E-state index in [1.54, 1.807) is 0 Å². The first-order chi connectivity index (χ1) is 13.3. The number of benzene rings is 3. The van der Waals surface area contributed by atoms with Gasteiger partial charge in [0.25, 0.3) is 0 Å². The molecule has 2 heterocycles. The van der Waals surface area contributed by atoms with Crippen LogP contribution in [0.2, 0.25) is 5.02 Å². The lowest BCUT2D eigenvalue weighted by Gasteiger charge is -2.30. The Labute approximate surface area is 163 Å². The molecule has 0 atom stereocenters. The maximum absolute atomic E-state index is 6.42. The SMILES string of the molecule is Clc1ccccc1-c1nc(N2CCc3ccccc3C2)c2ccccc2n1. The lowest BCUT2D eigenvalue weighted by atomic mass is 9.99. The lowest BCUT2D eigenvalue weighted by Crippen LogP contribution is -2.31. The third-order valence-electron chi connectivity index (χ3n) is 5.13. The molecule has 5 rings (SSSR count). The second-order valence-corrected chi connectivity index (χ2v) is 7.22. The van der Waals surface area contributed by atoms with Gasteiger partial charge in [-0.1, -0.05) is 60.1 Å². The Morgan fingerprint density at radius 3 is 2.41 bits per heavy atom. The molecule has 3 aromatic carbocycles. The minimum atomic E-state index is 0.669. The zero-order valence-electron chi connectivity index (χ0n) is 14.8. The van der Waals surface area contributed by atoms with Crippen molar-refractivity contribution in [3.63, 3.8) is 0 Å². The molecule has 1 aromatic heterocycles. The molecule has 0 aliphatic carbocycles. The second-order valence-electron chi connectivity index (χ2n) is 6.81. The first kappa shape index (κ1) is 16.3. The molecule has 0 N–H and O–H groups in total. The van der Waals surface area contributed by atoms with Gasteiger partial charge in [0, 0.05) is 24.0 Å². The van der Waals surface area contributed by atoms with E-state index in [1.165, 1.54) is 11.1 Å². The number of rotatable bonds is 2. The van der Waals surface area contributed by atoms with Crippen LogP contribution < -0.4 is 4.90 Å². The van der Waals surface area contributed by atoms with E-state index < -0.39 is 0 Å². The Balaban J connectivity index is 1.67. The highest BCUT2D eigenvalue weighted by Gasteiger charge is 2.21. The highest BCUT2D eigenvalue weighted by Crippen LogP contribution is 2.32. The third kappa shape index (κ3) is 2.94. The second kappa shape index (κ2) is 6.67. The van der Waals surface area contributed by atoms with E-state index in [2.05, 4.69) is 35.2 Å². The Kier molecular flexibility index (Phi) is 4.02. The van der Waals surface area contributed by atoms with Gasteiger partial charge in [-0.2, -0.15) is 0 Å². The van der Waals surface area contributed by atoms with Gasteiger partial charge in [0.2, 0.25) is 0 Å². The minimum Gasteiger partial charge on any atom is -0.351 e. The van der Waals surface area contributed by atoms with Crippen LogP contribution in [0.1, 0.15) is 11.1 Å². The summed E-state index contributed by atoms with van der Waals surface area (Å²) in [5, 5.41) is 1.75. The highest BCUT2D eigenvalue weighted by atomic mass is 35.5. The predicted molar refractivity (Wildman–Crippen MR) is 111 cm³/mol. The van der Waals surface area contributed by atoms with Crippen molar-refractivity contribution >= 4 is 28.3 Å². The van der Waals surface area contributed by atoms with Crippen LogP contribution in [0.25, 0.3) is 22.3 Å². The van der Waals surface area contributed by atoms with Crippen molar-refractivity contribution in [3.8, 4) is 11.4 Å². The van der Waals surface area contributed by atoms with Crippen molar-refractivity contribution in [3.05, 3.63) is 88.9 Å². The van der Waals surface area contributed by atoms with Crippen molar-refractivity contribution < 1.29 is 0 Å². The average molecular weight is 372 g/mol. The predicted octanol–water partition coefficient (Wildman–Crippen LogP) is 5.51. The number of hydrogen-bond donors (Lipinski definition) is 0. The summed E-state index contributed by atoms with van der Waals surface area (Å²) < 4.78 is 0. The van der Waals surface area contributed by atoms with Gasteiger partial charge in [0.05, 0.1) is 10.5 Å². The molecular weight excluding hydrogens is 354 g/mol. The molecule has 27 heavy (non-hydrogen) atoms. The van der Waals surface area contributed by atoms with Gasteiger partial charge in [-0.3, -0.25) is 0 Å². The summed E-state index contributed by atoms with van der Waals surface area (Å²) in [5.74, 6) is 1.65. The minimum absolute atomic E-state index is 0.669. The summed E-state index contributed by atoms with van der Waals surface area (Å²) in [6, 6.07) is 24.6. The topological polar surface area (TPSA) is 29.0 Å². The smallest absolute Gasteiger partial charge is 0.163 e. The molecule has 0 amide bonds. The van der Waals surface area contributed by atoms with Gasteiger partial charge in [-0.15, -0.1) is 0 Å². The van der Waals surface area contributed by atoms with Gasteiger partial charge in [0.15, 0.2) is 5.82 Å². The molecule has 132 valence electrons. The van der Waals surface area contributed by atoms with Crippen molar-refractivity contribution in [2.45, 2.75) is 13.0 Å². The molecule has 0 saturated carbocycles. The van der Waals surface area contributed by atoms with Gasteiger partial charge in [-0.05, 0) is 41.8 Å². The molecule has 0 fully saturated rings. The Bertz CT molecular complexity index is 1140. The number of nitrogens with zero attached hydrogens (tertiary/aromatic N) is 3. The molecule has 0 radical (unpaired) electrons. The normalized spacial score (nSPS) is 13.6. The number of anilines is 1. The van der Waals surface area contributed by atoms with Crippen molar-refractivity contribution in [2.75, 3.05) is 11.4 Å². The standard InChI is InChI=1S/C23H18ClN3/c24-20-11-5-3-9-18(20)22-25-21-12-6-4-10-19(21)23(26-22)27-14-13-16-7-1-2-8-17(16)15-27/h1-12H,13-15H2. The zero-order valence-corrected chi connectivity index (χ0v) is 15.5. The summed E-state index contributed by atoms with van der Waals surface area (Å²) in [6.07, 6.45) is 1.02. The number of para-hydroxylation sites is 1. The van der Waals surface area contributed by atoms with Crippen LogP contribution in [-0.4, -0.2) is 16.5 Å². The van der Waals surface area contributed by atoms with Crippen molar-refractivity contribution in [1.82, 2.24) is 9.97 Å². The fourth-order valence-corrected chi connectivity index (χ4v) is 3.96. The van der Waals surface area contributed by atoms with E-state index in [0.717, 1.165) is 41.8 Å². The van der Waals surface area contributed by atoms with E-state index >= 15 is 0 Å². The molecule has 4 heteroatoms. The van der Waals surface area contributed by atoms with Gasteiger partial charge < -0.3 is 4.90 Å².